The van der Waals surface area contributed by atoms with Gasteiger partial charge in [0.1, 0.15) is 6.04 Å². The predicted octanol–water partition coefficient (Wildman–Crippen LogP) is 0.412. The normalized spacial score (nSPS) is 14.4. The third kappa shape index (κ3) is 10.9. The van der Waals surface area contributed by atoms with E-state index in [1.165, 1.54) is 6.08 Å². The zero-order valence-corrected chi connectivity index (χ0v) is 11.8. The van der Waals surface area contributed by atoms with Crippen molar-refractivity contribution in [3.63, 3.8) is 0 Å². The van der Waals surface area contributed by atoms with E-state index in [1.54, 1.807) is 0 Å². The summed E-state index contributed by atoms with van der Waals surface area (Å²) in [5.74, 6) is -1.22. The van der Waals surface area contributed by atoms with Crippen LogP contribution in [0, 0.1) is 0 Å². The Morgan fingerprint density at radius 3 is 2.26 bits per heavy atom. The first kappa shape index (κ1) is 18.3. The van der Waals surface area contributed by atoms with E-state index in [4.69, 9.17) is 26.4 Å². The summed E-state index contributed by atoms with van der Waals surface area (Å²) in [7, 11) is -4.21. The van der Waals surface area contributed by atoms with Gasteiger partial charge in [-0.1, -0.05) is 24.5 Å². The largest absolute Gasteiger partial charge is 0.480 e. The monoisotopic (exact) mass is 294 g/mol. The zero-order chi connectivity index (χ0) is 14.9. The Labute approximate surface area is 112 Å². The Morgan fingerprint density at radius 1 is 1.21 bits per heavy atom. The van der Waals surface area contributed by atoms with Crippen LogP contribution in [-0.4, -0.2) is 39.6 Å². The third-order valence-electron chi connectivity index (χ3n) is 2.56. The van der Waals surface area contributed by atoms with Gasteiger partial charge in [0.05, 0.1) is 6.16 Å². The summed E-state index contributed by atoms with van der Waals surface area (Å²) in [5.41, 5.74) is 11.1. The number of aliphatic carboxylic acids is 1. The lowest BCUT2D eigenvalue weighted by Gasteiger charge is -2.11. The van der Waals surface area contributed by atoms with Crippen LogP contribution >= 0.6 is 7.60 Å². The molecule has 8 heteroatoms. The molecular formula is C11H23N2O5P. The first-order chi connectivity index (χ1) is 8.76. The molecule has 0 amide bonds. The van der Waals surface area contributed by atoms with Gasteiger partial charge in [-0.3, -0.25) is 9.36 Å². The van der Waals surface area contributed by atoms with Crippen molar-refractivity contribution in [2.45, 2.75) is 38.1 Å². The number of hydrogen-bond donors (Lipinski definition) is 5. The lowest BCUT2D eigenvalue weighted by Crippen LogP contribution is -2.28. The fourth-order valence-electron chi connectivity index (χ4n) is 1.65. The van der Waals surface area contributed by atoms with E-state index in [1.807, 2.05) is 0 Å². The molecule has 0 heterocycles. The van der Waals surface area contributed by atoms with Crippen LogP contribution < -0.4 is 11.5 Å². The van der Waals surface area contributed by atoms with Crippen LogP contribution in [0.1, 0.15) is 32.1 Å². The highest BCUT2D eigenvalue weighted by Crippen LogP contribution is 2.38. The van der Waals surface area contributed by atoms with Gasteiger partial charge < -0.3 is 26.4 Å². The highest BCUT2D eigenvalue weighted by atomic mass is 31.2. The van der Waals surface area contributed by atoms with Crippen LogP contribution in [-0.2, 0) is 9.36 Å². The van der Waals surface area contributed by atoms with Gasteiger partial charge in [0, 0.05) is 0 Å². The smallest absolute Gasteiger partial charge is 0.329 e. The minimum absolute atomic E-state index is 0.399. The molecule has 0 aliphatic carbocycles. The summed E-state index contributed by atoms with van der Waals surface area (Å²) in [4.78, 5) is 28.5. The molecule has 0 fully saturated rings. The number of rotatable bonds is 10. The SMILES string of the molecule is NCCCCCC/C(=C\C(N)C(=O)O)CP(=O)(O)O. The average molecular weight is 294 g/mol. The lowest BCUT2D eigenvalue weighted by atomic mass is 10.1. The molecule has 1 atom stereocenters. The quantitative estimate of drug-likeness (QED) is 0.223. The van der Waals surface area contributed by atoms with Crippen molar-refractivity contribution < 1.29 is 24.3 Å². The molecule has 0 spiro atoms. The molecule has 1 unspecified atom stereocenters. The van der Waals surface area contributed by atoms with E-state index in [2.05, 4.69) is 0 Å². The molecule has 0 aromatic rings. The molecule has 0 saturated heterocycles. The van der Waals surface area contributed by atoms with Gasteiger partial charge >= 0.3 is 13.6 Å². The number of hydrogen-bond acceptors (Lipinski definition) is 4. The number of carbonyl (C=O) groups is 1. The molecular weight excluding hydrogens is 271 g/mol. The zero-order valence-electron chi connectivity index (χ0n) is 10.9. The van der Waals surface area contributed by atoms with Gasteiger partial charge in [0.2, 0.25) is 0 Å². The summed E-state index contributed by atoms with van der Waals surface area (Å²) in [6, 6.07) is -1.23. The van der Waals surface area contributed by atoms with Crippen LogP contribution in [0.3, 0.4) is 0 Å². The molecule has 7 N–H and O–H groups in total. The van der Waals surface area contributed by atoms with Gasteiger partial charge in [0.15, 0.2) is 0 Å². The fraction of sp³-hybridized carbons (Fsp3) is 0.727. The van der Waals surface area contributed by atoms with Crippen molar-refractivity contribution in [3.8, 4) is 0 Å². The van der Waals surface area contributed by atoms with Gasteiger partial charge in [-0.2, -0.15) is 0 Å². The predicted molar refractivity (Wildman–Crippen MR) is 72.7 cm³/mol. The standard InChI is InChI=1S/C11H23N2O5P/c12-6-4-2-1-3-5-9(8-19(16,17)18)7-10(13)11(14)15/h7,10H,1-6,8,12-13H2,(H,14,15)(H2,16,17,18)/b9-7+. The molecule has 0 rings (SSSR count). The number of nitrogens with two attached hydrogens (primary N) is 2. The summed E-state index contributed by atoms with van der Waals surface area (Å²) < 4.78 is 11.0. The molecule has 7 nitrogen and oxygen atoms in total. The summed E-state index contributed by atoms with van der Waals surface area (Å²) in [6.07, 6.45) is 4.71. The minimum Gasteiger partial charge on any atom is -0.480 e. The number of unbranched alkanes of at least 4 members (excludes halogenated alkanes) is 3. The van der Waals surface area contributed by atoms with E-state index in [9.17, 15) is 9.36 Å². The van der Waals surface area contributed by atoms with E-state index < -0.39 is 25.8 Å². The highest BCUT2D eigenvalue weighted by molar-refractivity contribution is 7.52. The minimum atomic E-state index is -4.21. The Kier molecular flexibility index (Phi) is 8.88. The molecule has 0 radical (unpaired) electrons. The maximum Gasteiger partial charge on any atom is 0.329 e. The Hall–Kier alpha value is -0.720. The molecule has 0 aliphatic rings. The Morgan fingerprint density at radius 2 is 1.79 bits per heavy atom. The highest BCUT2D eigenvalue weighted by Gasteiger charge is 2.18. The van der Waals surface area contributed by atoms with Gasteiger partial charge in [-0.25, -0.2) is 0 Å². The second-order valence-corrected chi connectivity index (χ2v) is 6.11. The number of carboxylic acid groups (broad SMARTS) is 1. The van der Waals surface area contributed by atoms with Crippen molar-refractivity contribution in [2.75, 3.05) is 12.7 Å². The molecule has 0 saturated carbocycles. The number of carboxylic acids is 1. The van der Waals surface area contributed by atoms with E-state index in [0.29, 0.717) is 18.5 Å². The van der Waals surface area contributed by atoms with Crippen LogP contribution in [0.5, 0.6) is 0 Å². The summed E-state index contributed by atoms with van der Waals surface area (Å²) >= 11 is 0. The Bertz CT molecular complexity index is 353. The van der Waals surface area contributed by atoms with Crippen molar-refractivity contribution in [1.82, 2.24) is 0 Å². The fourth-order valence-corrected chi connectivity index (χ4v) is 2.45. The topological polar surface area (TPSA) is 147 Å². The second-order valence-electron chi connectivity index (χ2n) is 4.46. The molecule has 19 heavy (non-hydrogen) atoms. The molecule has 0 aromatic carbocycles. The van der Waals surface area contributed by atoms with Crippen LogP contribution in [0.25, 0.3) is 0 Å². The summed E-state index contributed by atoms with van der Waals surface area (Å²) in [6.45, 7) is 0.620. The van der Waals surface area contributed by atoms with Crippen LogP contribution in [0.2, 0.25) is 0 Å². The molecule has 0 aliphatic heterocycles. The van der Waals surface area contributed by atoms with Crippen molar-refractivity contribution in [1.29, 1.82) is 0 Å². The second kappa shape index (κ2) is 9.23. The van der Waals surface area contributed by atoms with E-state index in [0.717, 1.165) is 25.7 Å². The van der Waals surface area contributed by atoms with Crippen molar-refractivity contribution in [2.24, 2.45) is 11.5 Å². The maximum atomic E-state index is 11.0. The van der Waals surface area contributed by atoms with Crippen LogP contribution in [0.15, 0.2) is 11.6 Å². The summed E-state index contributed by atoms with van der Waals surface area (Å²) in [5, 5.41) is 8.69. The van der Waals surface area contributed by atoms with Gasteiger partial charge in [-0.15, -0.1) is 0 Å². The van der Waals surface area contributed by atoms with Crippen molar-refractivity contribution in [3.05, 3.63) is 11.6 Å². The van der Waals surface area contributed by atoms with E-state index >= 15 is 0 Å². The van der Waals surface area contributed by atoms with Crippen molar-refractivity contribution >= 4 is 13.6 Å². The maximum absolute atomic E-state index is 11.0. The average Bonchev–Trinajstić information content (AvgIpc) is 2.26. The molecule has 0 bridgehead atoms. The third-order valence-corrected chi connectivity index (χ3v) is 3.38. The Balaban J connectivity index is 4.43. The molecule has 0 aromatic heterocycles. The van der Waals surface area contributed by atoms with Crippen LogP contribution in [0.4, 0.5) is 0 Å². The van der Waals surface area contributed by atoms with Gasteiger partial charge in [0.25, 0.3) is 0 Å². The van der Waals surface area contributed by atoms with Gasteiger partial charge in [-0.05, 0) is 25.8 Å². The molecule has 112 valence electrons. The number of allylic oxidation sites excluding steroid dienone is 1. The first-order valence-corrected chi connectivity index (χ1v) is 7.98. The first-order valence-electron chi connectivity index (χ1n) is 6.19. The van der Waals surface area contributed by atoms with E-state index in [-0.39, 0.29) is 0 Å². The lowest BCUT2D eigenvalue weighted by molar-refractivity contribution is -0.137.